The highest BCUT2D eigenvalue weighted by atomic mass is 16.7. The average Bonchev–Trinajstić information content (AvgIpc) is 3.56. The summed E-state index contributed by atoms with van der Waals surface area (Å²) in [6, 6.07) is 9.68. The summed E-state index contributed by atoms with van der Waals surface area (Å²) in [5.74, 6) is 1.80. The van der Waals surface area contributed by atoms with Crippen molar-refractivity contribution in [2.75, 3.05) is 18.1 Å². The Labute approximate surface area is 273 Å². The van der Waals surface area contributed by atoms with Crippen molar-refractivity contribution in [3.05, 3.63) is 83.2 Å². The summed E-state index contributed by atoms with van der Waals surface area (Å²) < 4.78 is 12.0. The van der Waals surface area contributed by atoms with E-state index in [0.717, 1.165) is 23.1 Å². The van der Waals surface area contributed by atoms with Gasteiger partial charge in [-0.2, -0.15) is 0 Å². The molecule has 1 aromatic carbocycles. The number of aliphatic hydroxyl groups is 1. The summed E-state index contributed by atoms with van der Waals surface area (Å²) in [7, 11) is 0. The number of carbonyl (C=O) groups excluding carboxylic acids is 2. The van der Waals surface area contributed by atoms with Gasteiger partial charge in [0.15, 0.2) is 6.29 Å². The zero-order chi connectivity index (χ0) is 33.2. The molecule has 46 heavy (non-hydrogen) atoms. The number of aliphatic hydroxyl groups excluding tert-OH is 1. The van der Waals surface area contributed by atoms with Crippen LogP contribution in [0.15, 0.2) is 72.1 Å². The van der Waals surface area contributed by atoms with Gasteiger partial charge in [0.25, 0.3) is 0 Å². The predicted octanol–water partition coefficient (Wildman–Crippen LogP) is 5.49. The number of pyridine rings is 1. The van der Waals surface area contributed by atoms with Gasteiger partial charge in [0, 0.05) is 41.4 Å². The quantitative estimate of drug-likeness (QED) is 0.377. The maximum atomic E-state index is 14.9. The van der Waals surface area contributed by atoms with Gasteiger partial charge in [-0.3, -0.25) is 19.5 Å². The fourth-order valence-corrected chi connectivity index (χ4v) is 7.12. The molecule has 6 unspecified atom stereocenters. The summed E-state index contributed by atoms with van der Waals surface area (Å²) in [6.07, 6.45) is 12.2. The Morgan fingerprint density at radius 2 is 1.89 bits per heavy atom. The SMILES string of the molecule is C#C/C=C\C1=C(C)C[C@H](O)[C@@H]1NC(=O)C(c1cccnc1)N(C(=O)C(C)C1COC2OCC(C)CC21)c1ccc(C(C)(C)C)cc1. The lowest BCUT2D eigenvalue weighted by molar-refractivity contribution is -0.165. The van der Waals surface area contributed by atoms with Gasteiger partial charge in [-0.05, 0) is 72.6 Å². The summed E-state index contributed by atoms with van der Waals surface area (Å²) in [5, 5.41) is 14.1. The van der Waals surface area contributed by atoms with Crippen LogP contribution in [0.1, 0.15) is 71.6 Å². The number of rotatable bonds is 8. The molecule has 244 valence electrons. The Hall–Kier alpha value is -3.77. The maximum Gasteiger partial charge on any atom is 0.248 e. The number of anilines is 1. The van der Waals surface area contributed by atoms with Crippen molar-refractivity contribution >= 4 is 17.5 Å². The molecule has 8 nitrogen and oxygen atoms in total. The van der Waals surface area contributed by atoms with Crippen molar-refractivity contribution in [2.24, 2.45) is 23.7 Å². The molecule has 5 rings (SSSR count). The number of nitrogens with zero attached hydrogens (tertiary/aromatic N) is 2. The van der Waals surface area contributed by atoms with Crippen molar-refractivity contribution in [3.8, 4) is 12.3 Å². The van der Waals surface area contributed by atoms with E-state index in [2.05, 4.69) is 43.9 Å². The third kappa shape index (κ3) is 6.97. The Kier molecular flexibility index (Phi) is 10.2. The molecule has 0 spiro atoms. The fourth-order valence-electron chi connectivity index (χ4n) is 7.12. The lowest BCUT2D eigenvalue weighted by Gasteiger charge is -2.37. The number of hydrogen-bond donors (Lipinski definition) is 2. The minimum absolute atomic E-state index is 0.0723. The molecule has 0 saturated carbocycles. The highest BCUT2D eigenvalue weighted by Crippen LogP contribution is 2.42. The number of benzene rings is 1. The van der Waals surface area contributed by atoms with Gasteiger partial charge in [-0.1, -0.05) is 64.3 Å². The van der Waals surface area contributed by atoms with Gasteiger partial charge in [0.2, 0.25) is 11.8 Å². The molecule has 2 N–H and O–H groups in total. The second kappa shape index (κ2) is 13.9. The monoisotopic (exact) mass is 625 g/mol. The number of aromatic nitrogens is 1. The highest BCUT2D eigenvalue weighted by molar-refractivity contribution is 6.02. The van der Waals surface area contributed by atoms with Crippen LogP contribution >= 0.6 is 0 Å². The molecular weight excluding hydrogens is 578 g/mol. The van der Waals surface area contributed by atoms with Gasteiger partial charge in [-0.15, -0.1) is 6.42 Å². The van der Waals surface area contributed by atoms with Crippen LogP contribution in [0.3, 0.4) is 0 Å². The van der Waals surface area contributed by atoms with E-state index in [-0.39, 0.29) is 29.4 Å². The number of amides is 2. The summed E-state index contributed by atoms with van der Waals surface area (Å²) >= 11 is 0. The second-order valence-corrected chi connectivity index (χ2v) is 14.2. The van der Waals surface area contributed by atoms with Crippen molar-refractivity contribution in [1.82, 2.24) is 10.3 Å². The molecule has 3 aliphatic rings. The van der Waals surface area contributed by atoms with Crippen LogP contribution in [0, 0.1) is 36.0 Å². The zero-order valence-electron chi connectivity index (χ0n) is 27.8. The molecule has 1 aromatic heterocycles. The standard InChI is InChI=1S/C38H47N3O5/c1-8-9-12-29-24(3)19-32(42)33(29)40-35(43)34(26-11-10-17-39-20-26)41(28-15-13-27(14-16-28)38(5,6)7)36(44)25(4)31-22-46-37-30(31)18-23(2)21-45-37/h1,9-17,20,23,25,30-34,37,42H,18-19,21-22H2,2-7H3,(H,40,43)/b12-9-/t23?,25?,30?,31?,32-,33+,34?,37?/m0/s1. The van der Waals surface area contributed by atoms with Crippen molar-refractivity contribution in [1.29, 1.82) is 0 Å². The maximum absolute atomic E-state index is 14.9. The van der Waals surface area contributed by atoms with E-state index >= 15 is 0 Å². The second-order valence-electron chi connectivity index (χ2n) is 14.2. The first-order valence-corrected chi connectivity index (χ1v) is 16.3. The van der Waals surface area contributed by atoms with Crippen molar-refractivity contribution in [3.63, 3.8) is 0 Å². The topological polar surface area (TPSA) is 101 Å². The first-order valence-electron chi connectivity index (χ1n) is 16.3. The van der Waals surface area contributed by atoms with Gasteiger partial charge in [0.05, 0.1) is 25.4 Å². The van der Waals surface area contributed by atoms with E-state index in [4.69, 9.17) is 15.9 Å². The van der Waals surface area contributed by atoms with E-state index in [1.807, 2.05) is 44.2 Å². The Morgan fingerprint density at radius 3 is 2.54 bits per heavy atom. The zero-order valence-corrected chi connectivity index (χ0v) is 27.8. The fraction of sp³-hybridized carbons (Fsp3) is 0.500. The first kappa shape index (κ1) is 33.6. The van der Waals surface area contributed by atoms with E-state index in [0.29, 0.717) is 36.8 Å². The lowest BCUT2D eigenvalue weighted by atomic mass is 9.78. The number of fused-ring (bicyclic) bond motifs is 1. The molecule has 0 radical (unpaired) electrons. The van der Waals surface area contributed by atoms with Gasteiger partial charge < -0.3 is 19.9 Å². The molecule has 0 bridgehead atoms. The minimum Gasteiger partial charge on any atom is -0.390 e. The van der Waals surface area contributed by atoms with E-state index in [1.54, 1.807) is 35.5 Å². The number of hydrogen-bond acceptors (Lipinski definition) is 6. The van der Waals surface area contributed by atoms with Crippen molar-refractivity contribution < 1.29 is 24.2 Å². The van der Waals surface area contributed by atoms with Gasteiger partial charge in [0.1, 0.15) is 6.04 Å². The van der Waals surface area contributed by atoms with Crippen molar-refractivity contribution in [2.45, 2.75) is 84.3 Å². The van der Waals surface area contributed by atoms with Gasteiger partial charge >= 0.3 is 0 Å². The van der Waals surface area contributed by atoms with Gasteiger partial charge in [-0.25, -0.2) is 0 Å². The molecular formula is C38H47N3O5. The van der Waals surface area contributed by atoms with E-state index in [9.17, 15) is 14.7 Å². The van der Waals surface area contributed by atoms with Crippen LogP contribution in [-0.4, -0.2) is 53.6 Å². The third-order valence-electron chi connectivity index (χ3n) is 9.74. The van der Waals surface area contributed by atoms with Crippen LogP contribution in [-0.2, 0) is 24.5 Å². The lowest BCUT2D eigenvalue weighted by Crippen LogP contribution is -2.51. The number of nitrogens with one attached hydrogen (secondary N) is 1. The number of terminal acetylenes is 1. The Balaban J connectivity index is 1.57. The van der Waals surface area contributed by atoms with E-state index in [1.165, 1.54) is 0 Å². The predicted molar refractivity (Wildman–Crippen MR) is 178 cm³/mol. The molecule has 2 amide bonds. The minimum atomic E-state index is -1.06. The molecule has 8 heteroatoms. The summed E-state index contributed by atoms with van der Waals surface area (Å²) in [6.45, 7) is 13.5. The van der Waals surface area contributed by atoms with Crippen LogP contribution in [0.25, 0.3) is 0 Å². The number of ether oxygens (including phenoxy) is 2. The average molecular weight is 626 g/mol. The summed E-state index contributed by atoms with van der Waals surface area (Å²) in [4.78, 5) is 35.4. The normalized spacial score (nSPS) is 27.6. The number of allylic oxidation sites excluding steroid dienone is 1. The number of carbonyl (C=O) groups is 2. The molecule has 2 aliphatic heterocycles. The molecule has 2 fully saturated rings. The molecule has 2 aromatic rings. The van der Waals surface area contributed by atoms with Crippen LogP contribution in [0.4, 0.5) is 5.69 Å². The van der Waals surface area contributed by atoms with E-state index < -0.39 is 30.0 Å². The highest BCUT2D eigenvalue weighted by Gasteiger charge is 2.48. The smallest absolute Gasteiger partial charge is 0.248 e. The van der Waals surface area contributed by atoms with Crippen LogP contribution in [0.5, 0.6) is 0 Å². The Bertz CT molecular complexity index is 1500. The Morgan fingerprint density at radius 1 is 1.17 bits per heavy atom. The van der Waals surface area contributed by atoms with Crippen LogP contribution < -0.4 is 10.2 Å². The molecule has 8 atom stereocenters. The van der Waals surface area contributed by atoms with Crippen LogP contribution in [0.2, 0.25) is 0 Å². The molecule has 3 heterocycles. The largest absolute Gasteiger partial charge is 0.390 e. The molecule has 1 aliphatic carbocycles. The first-order chi connectivity index (χ1) is 21.9. The third-order valence-corrected chi connectivity index (χ3v) is 9.74. The molecule has 2 saturated heterocycles. The summed E-state index contributed by atoms with van der Waals surface area (Å²) in [5.41, 5.74) is 3.89.